The van der Waals surface area contributed by atoms with Gasteiger partial charge in [-0.2, -0.15) is 10.1 Å². The highest BCUT2D eigenvalue weighted by Crippen LogP contribution is 1.58. The van der Waals surface area contributed by atoms with Gasteiger partial charge in [0, 0.05) is 0 Å². The number of nitrogens with one attached hydrogen (secondary N) is 1. The molecule has 4 heteroatoms. The molecule has 0 aliphatic rings. The van der Waals surface area contributed by atoms with E-state index in [0.29, 0.717) is 0 Å². The van der Waals surface area contributed by atoms with Crippen molar-refractivity contribution in [2.45, 2.75) is 0 Å². The summed E-state index contributed by atoms with van der Waals surface area (Å²) in [4.78, 5) is 3.36. The van der Waals surface area contributed by atoms with Gasteiger partial charge in [-0.1, -0.05) is 0 Å². The average molecular weight is 91.9 g/mol. The van der Waals surface area contributed by atoms with Crippen molar-refractivity contribution in [1.29, 1.82) is 5.26 Å². The van der Waals surface area contributed by atoms with E-state index in [1.807, 2.05) is 5.23 Å². The first kappa shape index (κ1) is 5.84. The summed E-state index contributed by atoms with van der Waals surface area (Å²) in [6, 6.07) is 1.78. The third-order valence-electron chi connectivity index (χ3n) is 0.293. The Labute approximate surface area is 43.2 Å². The normalized spacial score (nSPS) is 5.00. The monoisotopic (exact) mass is 92.0 g/mol. The second kappa shape index (κ2) is 4.84. The van der Waals surface area contributed by atoms with Crippen LogP contribution in [0.25, 0.3) is 4.85 Å². The SMILES string of the molecule is [B]NC#[N+]CC#N. The summed E-state index contributed by atoms with van der Waals surface area (Å²) in [5.74, 6) is 0. The summed E-state index contributed by atoms with van der Waals surface area (Å²) in [5.41, 5.74) is 0. The van der Waals surface area contributed by atoms with Crippen molar-refractivity contribution in [1.82, 2.24) is 5.23 Å². The van der Waals surface area contributed by atoms with Gasteiger partial charge in [0.25, 0.3) is 6.54 Å². The van der Waals surface area contributed by atoms with Crippen LogP contribution in [0.5, 0.6) is 0 Å². The van der Waals surface area contributed by atoms with Crippen LogP contribution in [-0.2, 0) is 0 Å². The van der Waals surface area contributed by atoms with Crippen molar-refractivity contribution in [2.24, 2.45) is 0 Å². The fourth-order valence-electron chi connectivity index (χ4n) is 0.121. The van der Waals surface area contributed by atoms with Crippen molar-refractivity contribution >= 4 is 7.98 Å². The highest BCUT2D eigenvalue weighted by Gasteiger charge is 1.73. The molecule has 0 atom stereocenters. The Hall–Kier alpha value is -1.16. The Morgan fingerprint density at radius 2 is 2.57 bits per heavy atom. The summed E-state index contributed by atoms with van der Waals surface area (Å²) in [6.45, 7) is 0.101. The second-order valence-corrected chi connectivity index (χ2v) is 0.730. The maximum atomic E-state index is 7.84. The minimum atomic E-state index is 0.101. The van der Waals surface area contributed by atoms with Crippen molar-refractivity contribution in [3.05, 3.63) is 4.85 Å². The first-order valence-electron chi connectivity index (χ1n) is 1.66. The van der Waals surface area contributed by atoms with Crippen molar-refractivity contribution in [3.8, 4) is 12.3 Å². The van der Waals surface area contributed by atoms with E-state index < -0.39 is 0 Å². The molecule has 0 amide bonds. The lowest BCUT2D eigenvalue weighted by Gasteiger charge is -1.57. The molecule has 0 saturated heterocycles. The number of hydrogen-bond donors (Lipinski definition) is 1. The van der Waals surface area contributed by atoms with Gasteiger partial charge in [-0.3, -0.25) is 5.23 Å². The number of nitriles is 1. The average Bonchev–Trinajstić information content (AvgIpc) is 1.69. The summed E-state index contributed by atoms with van der Waals surface area (Å²) >= 11 is 0. The molecule has 0 heterocycles. The van der Waals surface area contributed by atoms with Crippen molar-refractivity contribution in [3.63, 3.8) is 0 Å². The van der Waals surface area contributed by atoms with E-state index in [1.165, 1.54) is 0 Å². The van der Waals surface area contributed by atoms with Gasteiger partial charge in [0.1, 0.15) is 6.07 Å². The van der Waals surface area contributed by atoms with Crippen LogP contribution in [0.15, 0.2) is 0 Å². The predicted octanol–water partition coefficient (Wildman–Crippen LogP) is -0.527. The van der Waals surface area contributed by atoms with Crippen LogP contribution in [0, 0.1) is 17.5 Å². The molecule has 7 heavy (non-hydrogen) atoms. The van der Waals surface area contributed by atoms with Gasteiger partial charge in [0.2, 0.25) is 0 Å². The van der Waals surface area contributed by atoms with Gasteiger partial charge in [0.15, 0.2) is 0 Å². The molecule has 0 saturated carbocycles. The number of nitrogens with zero attached hydrogens (tertiary/aromatic N) is 2. The molecular weight excluding hydrogens is 88.9 g/mol. The molecule has 0 fully saturated rings. The van der Waals surface area contributed by atoms with Gasteiger partial charge >= 0.3 is 14.2 Å². The molecule has 2 radical (unpaired) electrons. The van der Waals surface area contributed by atoms with Crippen LogP contribution in [-0.4, -0.2) is 14.5 Å². The minimum absolute atomic E-state index is 0.101. The molecule has 0 bridgehead atoms. The van der Waals surface area contributed by atoms with E-state index in [1.54, 1.807) is 6.07 Å². The molecule has 0 unspecified atom stereocenters. The van der Waals surface area contributed by atoms with E-state index in [4.69, 9.17) is 13.2 Å². The summed E-state index contributed by atoms with van der Waals surface area (Å²) in [5, 5.41) is 9.88. The summed E-state index contributed by atoms with van der Waals surface area (Å²) in [6.07, 6.45) is 2.18. The first-order chi connectivity index (χ1) is 3.41. The van der Waals surface area contributed by atoms with Crippen LogP contribution in [0.4, 0.5) is 0 Å². The summed E-state index contributed by atoms with van der Waals surface area (Å²) in [7, 11) is 4.71. The van der Waals surface area contributed by atoms with E-state index in [-0.39, 0.29) is 6.54 Å². The van der Waals surface area contributed by atoms with Gasteiger partial charge < -0.3 is 0 Å². The van der Waals surface area contributed by atoms with Crippen LogP contribution < -0.4 is 5.23 Å². The molecule has 1 N–H and O–H groups in total. The third-order valence-corrected chi connectivity index (χ3v) is 0.293. The van der Waals surface area contributed by atoms with E-state index in [9.17, 15) is 0 Å². The first-order valence-corrected chi connectivity index (χ1v) is 1.66. The number of hydrogen-bond acceptors (Lipinski definition) is 2. The maximum Gasteiger partial charge on any atom is 0.411 e. The quantitative estimate of drug-likeness (QED) is 0.189. The summed E-state index contributed by atoms with van der Waals surface area (Å²) < 4.78 is 0. The molecule has 0 rings (SSSR count). The van der Waals surface area contributed by atoms with Gasteiger partial charge in [0.05, 0.1) is 0 Å². The number of rotatable bonds is 0. The molecule has 0 spiro atoms. The predicted molar refractivity (Wildman–Crippen MR) is 26.6 cm³/mol. The Morgan fingerprint density at radius 3 is 3.00 bits per heavy atom. The largest absolute Gasteiger partial charge is 0.411 e. The van der Waals surface area contributed by atoms with E-state index in [0.717, 1.165) is 0 Å². The van der Waals surface area contributed by atoms with Crippen molar-refractivity contribution in [2.75, 3.05) is 6.54 Å². The fraction of sp³-hybridized carbons (Fsp3) is 0.333. The fourth-order valence-corrected chi connectivity index (χ4v) is 0.121. The Kier molecular flexibility index (Phi) is 4.05. The highest BCUT2D eigenvalue weighted by atomic mass is 14.8. The van der Waals surface area contributed by atoms with E-state index >= 15 is 0 Å². The van der Waals surface area contributed by atoms with Gasteiger partial charge in [-0.05, 0) is 0 Å². The lowest BCUT2D eigenvalue weighted by Crippen LogP contribution is -1.94. The molecule has 0 aliphatic heterocycles. The zero-order valence-corrected chi connectivity index (χ0v) is 3.68. The molecular formula is C3H3BN3+. The molecule has 32 valence electrons. The maximum absolute atomic E-state index is 7.84. The topological polar surface area (TPSA) is 40.2 Å². The van der Waals surface area contributed by atoms with Crippen LogP contribution in [0.1, 0.15) is 0 Å². The van der Waals surface area contributed by atoms with Gasteiger partial charge in [-0.15, -0.1) is 0 Å². The van der Waals surface area contributed by atoms with Crippen LogP contribution >= 0.6 is 0 Å². The zero-order chi connectivity index (χ0) is 5.54. The lowest BCUT2D eigenvalue weighted by molar-refractivity contribution is 1.40. The lowest BCUT2D eigenvalue weighted by atomic mass is 10.5. The van der Waals surface area contributed by atoms with Crippen LogP contribution in [0.3, 0.4) is 0 Å². The Balaban J connectivity index is 3.12. The van der Waals surface area contributed by atoms with Gasteiger partial charge in [-0.25, -0.2) is 0 Å². The molecule has 3 nitrogen and oxygen atoms in total. The van der Waals surface area contributed by atoms with E-state index in [2.05, 4.69) is 11.0 Å². The molecule has 0 aromatic heterocycles. The van der Waals surface area contributed by atoms with Crippen LogP contribution in [0.2, 0.25) is 0 Å². The highest BCUT2D eigenvalue weighted by molar-refractivity contribution is 6.05. The molecule has 0 aromatic rings. The molecule has 0 aromatic carbocycles. The molecule has 0 aliphatic carbocycles. The smallest absolute Gasteiger partial charge is 0.289 e. The minimum Gasteiger partial charge on any atom is -0.289 e. The third kappa shape index (κ3) is 4.84. The Bertz CT molecular complexity index is 125. The second-order valence-electron chi connectivity index (χ2n) is 0.730. The zero-order valence-electron chi connectivity index (χ0n) is 3.68. The standard InChI is InChI=1S/C3H3BN3/c4-7-3-6-2-1-5/h7H,2H2/q+1. The van der Waals surface area contributed by atoms with Crippen molar-refractivity contribution < 1.29 is 0 Å². The Morgan fingerprint density at radius 1 is 1.86 bits per heavy atom.